The van der Waals surface area contributed by atoms with Crippen molar-refractivity contribution in [1.82, 2.24) is 4.98 Å². The first kappa shape index (κ1) is 12.1. The SMILES string of the molecule is Cc1nc(C(N)Cc2ccc(F)c(F)c2)cs1. The number of benzene rings is 1. The number of rotatable bonds is 3. The van der Waals surface area contributed by atoms with Crippen LogP contribution < -0.4 is 5.73 Å². The Morgan fingerprint density at radius 1 is 1.35 bits per heavy atom. The van der Waals surface area contributed by atoms with E-state index in [-0.39, 0.29) is 6.04 Å². The highest BCUT2D eigenvalue weighted by atomic mass is 32.1. The Balaban J connectivity index is 2.12. The zero-order valence-electron chi connectivity index (χ0n) is 9.28. The molecule has 1 atom stereocenters. The molecule has 0 amide bonds. The summed E-state index contributed by atoms with van der Waals surface area (Å²) in [7, 11) is 0. The Labute approximate surface area is 102 Å². The second kappa shape index (κ2) is 4.89. The number of aryl methyl sites for hydroxylation is 1. The molecule has 0 aliphatic carbocycles. The van der Waals surface area contributed by atoms with E-state index in [2.05, 4.69) is 4.98 Å². The van der Waals surface area contributed by atoms with Gasteiger partial charge >= 0.3 is 0 Å². The lowest BCUT2D eigenvalue weighted by Crippen LogP contribution is -2.14. The summed E-state index contributed by atoms with van der Waals surface area (Å²) < 4.78 is 25.8. The van der Waals surface area contributed by atoms with Gasteiger partial charge in [0.05, 0.1) is 16.7 Å². The molecule has 0 aliphatic rings. The van der Waals surface area contributed by atoms with Gasteiger partial charge in [0.2, 0.25) is 0 Å². The molecule has 2 nitrogen and oxygen atoms in total. The summed E-state index contributed by atoms with van der Waals surface area (Å²) in [5.41, 5.74) is 7.41. The average molecular weight is 254 g/mol. The summed E-state index contributed by atoms with van der Waals surface area (Å²) in [5.74, 6) is -1.68. The molecule has 0 saturated heterocycles. The lowest BCUT2D eigenvalue weighted by atomic mass is 10.0. The van der Waals surface area contributed by atoms with Crippen LogP contribution in [0.4, 0.5) is 8.78 Å². The summed E-state index contributed by atoms with van der Waals surface area (Å²) in [6.07, 6.45) is 0.445. The van der Waals surface area contributed by atoms with Gasteiger partial charge in [0.1, 0.15) is 0 Å². The van der Waals surface area contributed by atoms with Gasteiger partial charge in [-0.3, -0.25) is 0 Å². The topological polar surface area (TPSA) is 38.9 Å². The third-order valence-electron chi connectivity index (χ3n) is 2.46. The summed E-state index contributed by atoms with van der Waals surface area (Å²) in [6, 6.07) is 3.54. The molecule has 0 spiro atoms. The minimum Gasteiger partial charge on any atom is -0.322 e. The molecule has 0 fully saturated rings. The molecule has 0 saturated carbocycles. The van der Waals surface area contributed by atoms with Crippen LogP contribution in [0.3, 0.4) is 0 Å². The van der Waals surface area contributed by atoms with Crippen molar-refractivity contribution in [3.63, 3.8) is 0 Å². The number of halogens is 2. The zero-order valence-corrected chi connectivity index (χ0v) is 10.1. The van der Waals surface area contributed by atoms with Gasteiger partial charge in [-0.1, -0.05) is 6.07 Å². The molecule has 5 heteroatoms. The third-order valence-corrected chi connectivity index (χ3v) is 3.25. The number of nitrogens with zero attached hydrogens (tertiary/aromatic N) is 1. The van der Waals surface area contributed by atoms with Gasteiger partial charge < -0.3 is 5.73 Å². The van der Waals surface area contributed by atoms with Gasteiger partial charge in [-0.15, -0.1) is 11.3 Å². The normalized spacial score (nSPS) is 12.7. The Bertz CT molecular complexity index is 525. The summed E-state index contributed by atoms with van der Waals surface area (Å²) in [5, 5.41) is 2.83. The quantitative estimate of drug-likeness (QED) is 0.914. The largest absolute Gasteiger partial charge is 0.322 e. The van der Waals surface area contributed by atoms with Crippen LogP contribution in [0.25, 0.3) is 0 Å². The molecule has 2 N–H and O–H groups in total. The summed E-state index contributed by atoms with van der Waals surface area (Å²) in [6.45, 7) is 1.90. The maximum absolute atomic E-state index is 13.0. The van der Waals surface area contributed by atoms with E-state index in [9.17, 15) is 8.78 Å². The molecule has 17 heavy (non-hydrogen) atoms. The first-order chi connectivity index (χ1) is 8.06. The molecule has 1 unspecified atom stereocenters. The van der Waals surface area contributed by atoms with E-state index < -0.39 is 11.6 Å². The molecule has 1 aromatic heterocycles. The van der Waals surface area contributed by atoms with Crippen LogP contribution in [0.5, 0.6) is 0 Å². The van der Waals surface area contributed by atoms with Crippen molar-refractivity contribution in [3.8, 4) is 0 Å². The molecule has 1 heterocycles. The number of hydrogen-bond acceptors (Lipinski definition) is 3. The molecule has 1 aromatic carbocycles. The minimum absolute atomic E-state index is 0.287. The van der Waals surface area contributed by atoms with Crippen LogP contribution in [0.15, 0.2) is 23.6 Å². The van der Waals surface area contributed by atoms with Crippen molar-refractivity contribution in [1.29, 1.82) is 0 Å². The van der Waals surface area contributed by atoms with Gasteiger partial charge in [0.25, 0.3) is 0 Å². The predicted molar refractivity (Wildman–Crippen MR) is 63.8 cm³/mol. The predicted octanol–water partition coefficient (Wildman–Crippen LogP) is 2.97. The van der Waals surface area contributed by atoms with Crippen LogP contribution in [0.2, 0.25) is 0 Å². The van der Waals surface area contributed by atoms with E-state index in [0.717, 1.165) is 16.8 Å². The second-order valence-electron chi connectivity index (χ2n) is 3.85. The maximum Gasteiger partial charge on any atom is 0.159 e. The Morgan fingerprint density at radius 2 is 2.12 bits per heavy atom. The fraction of sp³-hybridized carbons (Fsp3) is 0.250. The second-order valence-corrected chi connectivity index (χ2v) is 4.91. The zero-order chi connectivity index (χ0) is 12.4. The molecule has 0 bridgehead atoms. The van der Waals surface area contributed by atoms with Crippen molar-refractivity contribution < 1.29 is 8.78 Å². The van der Waals surface area contributed by atoms with Crippen molar-refractivity contribution >= 4 is 11.3 Å². The standard InChI is InChI=1S/C12H12F2N2S/c1-7-16-12(6-17-7)11(15)5-8-2-3-9(13)10(14)4-8/h2-4,6,11H,5,15H2,1H3. The molecule has 2 rings (SSSR count). The van der Waals surface area contributed by atoms with Crippen LogP contribution >= 0.6 is 11.3 Å². The minimum atomic E-state index is -0.843. The van der Waals surface area contributed by atoms with Crippen LogP contribution in [-0.4, -0.2) is 4.98 Å². The number of hydrogen-bond donors (Lipinski definition) is 1. The highest BCUT2D eigenvalue weighted by Crippen LogP contribution is 2.19. The van der Waals surface area contributed by atoms with E-state index in [1.165, 1.54) is 23.5 Å². The van der Waals surface area contributed by atoms with E-state index in [4.69, 9.17) is 5.73 Å². The van der Waals surface area contributed by atoms with Crippen molar-refractivity contribution in [2.75, 3.05) is 0 Å². The maximum atomic E-state index is 13.0. The van der Waals surface area contributed by atoms with Crippen LogP contribution in [0.1, 0.15) is 22.3 Å². The summed E-state index contributed by atoms with van der Waals surface area (Å²) >= 11 is 1.52. The molecule has 2 aromatic rings. The Morgan fingerprint density at radius 3 is 2.71 bits per heavy atom. The van der Waals surface area contributed by atoms with Gasteiger partial charge in [-0.05, 0) is 31.0 Å². The van der Waals surface area contributed by atoms with Crippen molar-refractivity contribution in [2.45, 2.75) is 19.4 Å². The van der Waals surface area contributed by atoms with Crippen LogP contribution in [-0.2, 0) is 6.42 Å². The average Bonchev–Trinajstić information content (AvgIpc) is 2.70. The van der Waals surface area contributed by atoms with Gasteiger partial charge in [-0.2, -0.15) is 0 Å². The van der Waals surface area contributed by atoms with E-state index in [1.54, 1.807) is 0 Å². The fourth-order valence-electron chi connectivity index (χ4n) is 1.58. The Kier molecular flexibility index (Phi) is 3.49. The van der Waals surface area contributed by atoms with E-state index in [0.29, 0.717) is 12.0 Å². The van der Waals surface area contributed by atoms with E-state index in [1.807, 2.05) is 12.3 Å². The van der Waals surface area contributed by atoms with Gasteiger partial charge in [-0.25, -0.2) is 13.8 Å². The first-order valence-corrected chi connectivity index (χ1v) is 6.06. The lowest BCUT2D eigenvalue weighted by Gasteiger charge is -2.09. The Hall–Kier alpha value is -1.33. The van der Waals surface area contributed by atoms with E-state index >= 15 is 0 Å². The van der Waals surface area contributed by atoms with Gasteiger partial charge in [0.15, 0.2) is 11.6 Å². The lowest BCUT2D eigenvalue weighted by molar-refractivity contribution is 0.506. The molecule has 90 valence electrons. The highest BCUT2D eigenvalue weighted by molar-refractivity contribution is 7.09. The van der Waals surface area contributed by atoms with Crippen molar-refractivity contribution in [3.05, 3.63) is 51.5 Å². The highest BCUT2D eigenvalue weighted by Gasteiger charge is 2.11. The fourth-order valence-corrected chi connectivity index (χ4v) is 2.25. The van der Waals surface area contributed by atoms with Crippen molar-refractivity contribution in [2.24, 2.45) is 5.73 Å². The summed E-state index contributed by atoms with van der Waals surface area (Å²) in [4.78, 5) is 4.27. The third kappa shape index (κ3) is 2.87. The molecule has 0 radical (unpaired) electrons. The number of nitrogens with two attached hydrogens (primary N) is 1. The smallest absolute Gasteiger partial charge is 0.159 e. The molecular weight excluding hydrogens is 242 g/mol. The number of aromatic nitrogens is 1. The van der Waals surface area contributed by atoms with Crippen LogP contribution in [0, 0.1) is 18.6 Å². The monoisotopic (exact) mass is 254 g/mol. The first-order valence-electron chi connectivity index (χ1n) is 5.18. The van der Waals surface area contributed by atoms with Gasteiger partial charge in [0, 0.05) is 5.38 Å². The molecule has 0 aliphatic heterocycles. The molecular formula is C12H12F2N2S. The number of thiazole rings is 1.